The number of rotatable bonds is 6. The van der Waals surface area contributed by atoms with E-state index in [1.165, 1.54) is 32.1 Å². The van der Waals surface area contributed by atoms with Crippen LogP contribution < -0.4 is 15.8 Å². The van der Waals surface area contributed by atoms with E-state index in [1.54, 1.807) is 0 Å². The Morgan fingerprint density at radius 2 is 2.19 bits per heavy atom. The molecule has 2 rings (SSSR count). The normalized spacial score (nSPS) is 22.3. The van der Waals surface area contributed by atoms with Gasteiger partial charge in [0.25, 0.3) is 0 Å². The lowest BCUT2D eigenvalue weighted by molar-refractivity contribution is 0.263. The Morgan fingerprint density at radius 3 is 2.90 bits per heavy atom. The van der Waals surface area contributed by atoms with E-state index in [0.717, 1.165) is 11.7 Å². The summed E-state index contributed by atoms with van der Waals surface area (Å²) in [5.41, 5.74) is 6.54. The van der Waals surface area contributed by atoms with Crippen LogP contribution in [0.25, 0.3) is 0 Å². The Hall–Kier alpha value is -1.45. The zero-order chi connectivity index (χ0) is 15.2. The third kappa shape index (κ3) is 4.80. The fourth-order valence-electron chi connectivity index (χ4n) is 2.89. The Morgan fingerprint density at radius 1 is 1.38 bits per heavy atom. The van der Waals surface area contributed by atoms with E-state index in [0.29, 0.717) is 30.1 Å². The molecule has 0 aliphatic heterocycles. The number of nitrogens with zero attached hydrogens (tertiary/aromatic N) is 1. The summed E-state index contributed by atoms with van der Waals surface area (Å²) < 4.78 is 5.69. The first-order valence-corrected chi connectivity index (χ1v) is 8.24. The number of nitrogens with two attached hydrogens (primary N) is 1. The maximum absolute atomic E-state index is 5.94. The van der Waals surface area contributed by atoms with Crippen molar-refractivity contribution in [3.05, 3.63) is 12.1 Å². The second-order valence-electron chi connectivity index (χ2n) is 6.58. The van der Waals surface area contributed by atoms with Crippen LogP contribution in [-0.4, -0.2) is 17.6 Å². The average Bonchev–Trinajstić information content (AvgIpc) is 2.48. The molecule has 2 atom stereocenters. The van der Waals surface area contributed by atoms with Gasteiger partial charge in [-0.15, -0.1) is 0 Å². The SMILES string of the molecule is CCC1CCCC(Nc2ccc(N)c(OCC(C)C)n2)C1. The number of aromatic nitrogens is 1. The first kappa shape index (κ1) is 15.9. The van der Waals surface area contributed by atoms with E-state index in [-0.39, 0.29) is 0 Å². The van der Waals surface area contributed by atoms with E-state index < -0.39 is 0 Å². The Kier molecular flexibility index (Phi) is 5.71. The summed E-state index contributed by atoms with van der Waals surface area (Å²) >= 11 is 0. The molecule has 1 aliphatic carbocycles. The van der Waals surface area contributed by atoms with Crippen molar-refractivity contribution in [3.63, 3.8) is 0 Å². The largest absolute Gasteiger partial charge is 0.476 e. The molecule has 1 aromatic heterocycles. The second-order valence-corrected chi connectivity index (χ2v) is 6.58. The highest BCUT2D eigenvalue weighted by atomic mass is 16.5. The van der Waals surface area contributed by atoms with Crippen LogP contribution in [0.4, 0.5) is 11.5 Å². The van der Waals surface area contributed by atoms with E-state index in [9.17, 15) is 0 Å². The molecule has 0 spiro atoms. The standard InChI is InChI=1S/C17H29N3O/c1-4-13-6-5-7-14(10-13)19-16-9-8-15(18)17(20-16)21-11-12(2)3/h8-9,12-14H,4-7,10-11,18H2,1-3H3,(H,19,20). The molecular weight excluding hydrogens is 262 g/mol. The number of pyridine rings is 1. The second kappa shape index (κ2) is 7.53. The van der Waals surface area contributed by atoms with Crippen molar-refractivity contribution in [2.75, 3.05) is 17.7 Å². The number of hydrogen-bond donors (Lipinski definition) is 2. The third-order valence-corrected chi connectivity index (χ3v) is 4.16. The zero-order valence-electron chi connectivity index (χ0n) is 13.6. The molecule has 2 unspecified atom stereocenters. The van der Waals surface area contributed by atoms with Crippen LogP contribution in [0.2, 0.25) is 0 Å². The van der Waals surface area contributed by atoms with Gasteiger partial charge in [0, 0.05) is 6.04 Å². The lowest BCUT2D eigenvalue weighted by atomic mass is 9.84. The highest BCUT2D eigenvalue weighted by Gasteiger charge is 2.21. The fourth-order valence-corrected chi connectivity index (χ4v) is 2.89. The molecule has 4 nitrogen and oxygen atoms in total. The fraction of sp³-hybridized carbons (Fsp3) is 0.706. The summed E-state index contributed by atoms with van der Waals surface area (Å²) in [7, 11) is 0. The molecule has 1 fully saturated rings. The minimum atomic E-state index is 0.464. The van der Waals surface area contributed by atoms with Crippen LogP contribution in [-0.2, 0) is 0 Å². The van der Waals surface area contributed by atoms with Crippen LogP contribution in [0.15, 0.2) is 12.1 Å². The van der Waals surface area contributed by atoms with Crippen LogP contribution in [0, 0.1) is 11.8 Å². The molecule has 118 valence electrons. The predicted molar refractivity (Wildman–Crippen MR) is 88.6 cm³/mol. The molecule has 1 saturated carbocycles. The van der Waals surface area contributed by atoms with Gasteiger partial charge in [0.05, 0.1) is 12.3 Å². The van der Waals surface area contributed by atoms with Crippen molar-refractivity contribution < 1.29 is 4.74 Å². The minimum absolute atomic E-state index is 0.464. The first-order chi connectivity index (χ1) is 10.1. The van der Waals surface area contributed by atoms with Gasteiger partial charge in [-0.2, -0.15) is 4.98 Å². The topological polar surface area (TPSA) is 60.2 Å². The smallest absolute Gasteiger partial charge is 0.239 e. The van der Waals surface area contributed by atoms with Gasteiger partial charge >= 0.3 is 0 Å². The summed E-state index contributed by atoms with van der Waals surface area (Å²) in [5.74, 6) is 2.74. The number of ether oxygens (including phenoxy) is 1. The number of nitrogen functional groups attached to an aromatic ring is 1. The van der Waals surface area contributed by atoms with E-state index in [2.05, 4.69) is 31.1 Å². The molecule has 3 N–H and O–H groups in total. The van der Waals surface area contributed by atoms with Crippen molar-refractivity contribution >= 4 is 11.5 Å². The summed E-state index contributed by atoms with van der Waals surface area (Å²) in [6.07, 6.45) is 6.42. The molecule has 1 aliphatic rings. The molecule has 1 aromatic rings. The molecule has 0 radical (unpaired) electrons. The van der Waals surface area contributed by atoms with E-state index in [4.69, 9.17) is 10.5 Å². The van der Waals surface area contributed by atoms with Gasteiger partial charge in [0.15, 0.2) is 0 Å². The Balaban J connectivity index is 1.98. The Labute approximate surface area is 128 Å². The quantitative estimate of drug-likeness (QED) is 0.829. The van der Waals surface area contributed by atoms with Gasteiger partial charge in [-0.25, -0.2) is 0 Å². The number of anilines is 2. The van der Waals surface area contributed by atoms with Crippen LogP contribution in [0.1, 0.15) is 52.9 Å². The van der Waals surface area contributed by atoms with Gasteiger partial charge in [-0.05, 0) is 36.8 Å². The maximum Gasteiger partial charge on any atom is 0.239 e. The third-order valence-electron chi connectivity index (χ3n) is 4.16. The molecule has 0 amide bonds. The number of nitrogens with one attached hydrogen (secondary N) is 1. The molecule has 0 aromatic carbocycles. The van der Waals surface area contributed by atoms with Crippen LogP contribution in [0.5, 0.6) is 5.88 Å². The van der Waals surface area contributed by atoms with E-state index in [1.807, 2.05) is 12.1 Å². The van der Waals surface area contributed by atoms with Crippen LogP contribution >= 0.6 is 0 Å². The van der Waals surface area contributed by atoms with Crippen molar-refractivity contribution in [1.29, 1.82) is 0 Å². The predicted octanol–water partition coefficient (Wildman–Crippen LogP) is 4.08. The Bertz CT molecular complexity index is 448. The average molecular weight is 291 g/mol. The van der Waals surface area contributed by atoms with Gasteiger partial charge < -0.3 is 15.8 Å². The molecule has 1 heterocycles. The summed E-state index contributed by atoms with van der Waals surface area (Å²) in [4.78, 5) is 4.53. The van der Waals surface area contributed by atoms with E-state index >= 15 is 0 Å². The van der Waals surface area contributed by atoms with Gasteiger partial charge in [0.1, 0.15) is 5.82 Å². The summed E-state index contributed by atoms with van der Waals surface area (Å²) in [6.45, 7) is 7.16. The summed E-state index contributed by atoms with van der Waals surface area (Å²) in [5, 5.41) is 3.55. The summed E-state index contributed by atoms with van der Waals surface area (Å²) in [6, 6.07) is 4.36. The first-order valence-electron chi connectivity index (χ1n) is 8.24. The van der Waals surface area contributed by atoms with Crippen molar-refractivity contribution in [1.82, 2.24) is 4.98 Å². The highest BCUT2D eigenvalue weighted by Crippen LogP contribution is 2.29. The lowest BCUT2D eigenvalue weighted by Crippen LogP contribution is -2.27. The molecule has 0 bridgehead atoms. The van der Waals surface area contributed by atoms with Crippen molar-refractivity contribution in [2.24, 2.45) is 11.8 Å². The maximum atomic E-state index is 5.94. The highest BCUT2D eigenvalue weighted by molar-refractivity contribution is 5.53. The van der Waals surface area contributed by atoms with Crippen LogP contribution in [0.3, 0.4) is 0 Å². The van der Waals surface area contributed by atoms with Crippen molar-refractivity contribution in [2.45, 2.75) is 58.9 Å². The molecule has 21 heavy (non-hydrogen) atoms. The zero-order valence-corrected chi connectivity index (χ0v) is 13.6. The molecular formula is C17H29N3O. The molecule has 0 saturated heterocycles. The minimum Gasteiger partial charge on any atom is -0.476 e. The van der Waals surface area contributed by atoms with Gasteiger partial charge in [0.2, 0.25) is 5.88 Å². The monoisotopic (exact) mass is 291 g/mol. The van der Waals surface area contributed by atoms with Gasteiger partial charge in [-0.3, -0.25) is 0 Å². The van der Waals surface area contributed by atoms with Gasteiger partial charge in [-0.1, -0.05) is 40.0 Å². The van der Waals surface area contributed by atoms with Crippen molar-refractivity contribution in [3.8, 4) is 5.88 Å². The number of hydrogen-bond acceptors (Lipinski definition) is 4. The molecule has 4 heteroatoms. The lowest BCUT2D eigenvalue weighted by Gasteiger charge is -2.29.